The molecule has 9 heteroatoms. The van der Waals surface area contributed by atoms with E-state index in [9.17, 15) is 13.2 Å². The number of hydrogen-bond donors (Lipinski definition) is 1. The Hall–Kier alpha value is -2.29. The predicted molar refractivity (Wildman–Crippen MR) is 118 cm³/mol. The summed E-state index contributed by atoms with van der Waals surface area (Å²) >= 11 is 7.45. The van der Waals surface area contributed by atoms with E-state index in [0.717, 1.165) is 42.1 Å². The molecule has 0 aliphatic carbocycles. The van der Waals surface area contributed by atoms with Gasteiger partial charge >= 0.3 is 6.36 Å². The molecular formula is C22H23ClF3N3OS. The molecule has 0 bridgehead atoms. The SMILES string of the molecule is NCCCn1c(CCCc2ccc(Cl)cc2)csc1=Nc1ccc(OC(F)(F)F)cc1. The number of halogens is 4. The number of thiazole rings is 1. The van der Waals surface area contributed by atoms with Crippen LogP contribution in [0.5, 0.6) is 5.75 Å². The van der Waals surface area contributed by atoms with Crippen LogP contribution < -0.4 is 15.3 Å². The summed E-state index contributed by atoms with van der Waals surface area (Å²) in [5.41, 5.74) is 8.66. The molecule has 0 amide bonds. The zero-order valence-corrected chi connectivity index (χ0v) is 18.3. The topological polar surface area (TPSA) is 52.5 Å². The maximum Gasteiger partial charge on any atom is 0.573 e. The molecule has 0 fully saturated rings. The lowest BCUT2D eigenvalue weighted by atomic mass is 10.1. The number of alkyl halides is 3. The third-order valence-electron chi connectivity index (χ3n) is 4.57. The summed E-state index contributed by atoms with van der Waals surface area (Å²) in [7, 11) is 0. The zero-order chi connectivity index (χ0) is 22.3. The van der Waals surface area contributed by atoms with Crippen molar-refractivity contribution in [2.24, 2.45) is 10.7 Å². The highest BCUT2D eigenvalue weighted by molar-refractivity contribution is 7.07. The van der Waals surface area contributed by atoms with Gasteiger partial charge in [0.2, 0.25) is 0 Å². The molecule has 1 heterocycles. The van der Waals surface area contributed by atoms with E-state index in [4.69, 9.17) is 17.3 Å². The van der Waals surface area contributed by atoms with Gasteiger partial charge in [-0.3, -0.25) is 0 Å². The van der Waals surface area contributed by atoms with E-state index >= 15 is 0 Å². The Balaban J connectivity index is 1.73. The van der Waals surface area contributed by atoms with E-state index < -0.39 is 6.36 Å². The van der Waals surface area contributed by atoms with Crippen LogP contribution in [0.15, 0.2) is 58.9 Å². The highest BCUT2D eigenvalue weighted by atomic mass is 35.5. The Morgan fingerprint density at radius 2 is 1.71 bits per heavy atom. The van der Waals surface area contributed by atoms with E-state index in [1.54, 1.807) is 0 Å². The van der Waals surface area contributed by atoms with Crippen LogP contribution in [0.3, 0.4) is 0 Å². The number of nitrogens with zero attached hydrogens (tertiary/aromatic N) is 2. The molecule has 0 saturated heterocycles. The van der Waals surface area contributed by atoms with Gasteiger partial charge in [0.15, 0.2) is 4.80 Å². The number of ether oxygens (including phenoxy) is 1. The van der Waals surface area contributed by atoms with Crippen molar-refractivity contribution in [2.45, 2.75) is 38.6 Å². The van der Waals surface area contributed by atoms with Crippen LogP contribution in [0.2, 0.25) is 5.02 Å². The van der Waals surface area contributed by atoms with Crippen LogP contribution in [0.25, 0.3) is 0 Å². The summed E-state index contributed by atoms with van der Waals surface area (Å²) in [6.45, 7) is 1.31. The standard InChI is InChI=1S/C22H23ClF3N3OS/c23-17-7-5-16(6-8-17)3-1-4-19-15-31-21(29(19)14-2-13-27)28-18-9-11-20(12-10-18)30-22(24,25)26/h5-12,15H,1-4,13-14,27H2. The highest BCUT2D eigenvalue weighted by Crippen LogP contribution is 2.25. The van der Waals surface area contributed by atoms with E-state index in [1.807, 2.05) is 24.3 Å². The second-order valence-electron chi connectivity index (χ2n) is 6.94. The van der Waals surface area contributed by atoms with E-state index in [-0.39, 0.29) is 5.75 Å². The van der Waals surface area contributed by atoms with Crippen molar-refractivity contribution >= 4 is 28.6 Å². The molecule has 0 atom stereocenters. The van der Waals surface area contributed by atoms with Gasteiger partial charge in [-0.1, -0.05) is 23.7 Å². The van der Waals surface area contributed by atoms with Crippen molar-refractivity contribution in [2.75, 3.05) is 6.54 Å². The molecular weight excluding hydrogens is 447 g/mol. The summed E-state index contributed by atoms with van der Waals surface area (Å²) in [6, 6.07) is 13.4. The first-order valence-electron chi connectivity index (χ1n) is 9.86. The fraction of sp³-hybridized carbons (Fsp3) is 0.318. The van der Waals surface area contributed by atoms with Crippen LogP contribution >= 0.6 is 22.9 Å². The first-order chi connectivity index (χ1) is 14.8. The van der Waals surface area contributed by atoms with Crippen molar-refractivity contribution in [3.8, 4) is 5.75 Å². The van der Waals surface area contributed by atoms with Gasteiger partial charge in [-0.2, -0.15) is 0 Å². The first kappa shape index (κ1) is 23.4. The van der Waals surface area contributed by atoms with Gasteiger partial charge < -0.3 is 15.0 Å². The van der Waals surface area contributed by atoms with Crippen LogP contribution in [-0.4, -0.2) is 17.5 Å². The smallest absolute Gasteiger partial charge is 0.406 e. The van der Waals surface area contributed by atoms with Gasteiger partial charge in [-0.25, -0.2) is 4.99 Å². The normalized spacial score (nSPS) is 12.4. The minimum atomic E-state index is -4.71. The predicted octanol–water partition coefficient (Wildman–Crippen LogP) is 5.86. The molecule has 1 aromatic heterocycles. The van der Waals surface area contributed by atoms with Gasteiger partial charge in [0.05, 0.1) is 5.69 Å². The number of aryl methyl sites for hydroxylation is 2. The summed E-state index contributed by atoms with van der Waals surface area (Å²) in [5.74, 6) is -0.267. The molecule has 0 aliphatic rings. The molecule has 0 aliphatic heterocycles. The third kappa shape index (κ3) is 7.41. The molecule has 0 radical (unpaired) electrons. The maximum atomic E-state index is 12.3. The van der Waals surface area contributed by atoms with Crippen LogP contribution in [0.1, 0.15) is 24.1 Å². The molecule has 4 nitrogen and oxygen atoms in total. The third-order valence-corrected chi connectivity index (χ3v) is 5.73. The van der Waals surface area contributed by atoms with Crippen molar-refractivity contribution in [3.05, 3.63) is 75.0 Å². The van der Waals surface area contributed by atoms with E-state index in [2.05, 4.69) is 19.7 Å². The minimum Gasteiger partial charge on any atom is -0.406 e. The molecule has 2 N–H and O–H groups in total. The second-order valence-corrected chi connectivity index (χ2v) is 8.21. The van der Waals surface area contributed by atoms with Gasteiger partial charge in [0.25, 0.3) is 0 Å². The number of nitrogens with two attached hydrogens (primary N) is 1. The number of benzene rings is 2. The molecule has 0 unspecified atom stereocenters. The van der Waals surface area contributed by atoms with Gasteiger partial charge in [0.1, 0.15) is 5.75 Å². The molecule has 0 saturated carbocycles. The lowest BCUT2D eigenvalue weighted by Gasteiger charge is -2.09. The Morgan fingerprint density at radius 1 is 1.00 bits per heavy atom. The number of hydrogen-bond acceptors (Lipinski definition) is 4. The fourth-order valence-corrected chi connectivity index (χ4v) is 4.20. The Kier molecular flexibility index (Phi) is 8.17. The average molecular weight is 470 g/mol. The summed E-state index contributed by atoms with van der Waals surface area (Å²) in [5, 5.41) is 2.81. The molecule has 2 aromatic carbocycles. The monoisotopic (exact) mass is 469 g/mol. The minimum absolute atomic E-state index is 0.267. The van der Waals surface area contributed by atoms with Crippen LogP contribution in [0, 0.1) is 0 Å². The van der Waals surface area contributed by atoms with E-state index in [0.29, 0.717) is 12.2 Å². The largest absolute Gasteiger partial charge is 0.573 e. The molecule has 3 aromatic rings. The van der Waals surface area contributed by atoms with Crippen molar-refractivity contribution < 1.29 is 17.9 Å². The summed E-state index contributed by atoms with van der Waals surface area (Å²) in [4.78, 5) is 5.41. The van der Waals surface area contributed by atoms with Gasteiger partial charge in [-0.05, 0) is 74.2 Å². The lowest BCUT2D eigenvalue weighted by molar-refractivity contribution is -0.274. The lowest BCUT2D eigenvalue weighted by Crippen LogP contribution is -2.19. The molecule has 0 spiro atoms. The van der Waals surface area contributed by atoms with E-state index in [1.165, 1.54) is 46.9 Å². The summed E-state index contributed by atoms with van der Waals surface area (Å²) in [6.07, 6.45) is -1.09. The molecule has 3 rings (SSSR count). The van der Waals surface area contributed by atoms with Crippen molar-refractivity contribution in [3.63, 3.8) is 0 Å². The summed E-state index contributed by atoms with van der Waals surface area (Å²) < 4.78 is 43.0. The van der Waals surface area contributed by atoms with Crippen LogP contribution in [-0.2, 0) is 19.4 Å². The van der Waals surface area contributed by atoms with Crippen LogP contribution in [0.4, 0.5) is 18.9 Å². The average Bonchev–Trinajstić information content (AvgIpc) is 3.09. The number of aromatic nitrogens is 1. The number of rotatable bonds is 9. The Morgan fingerprint density at radius 3 is 2.35 bits per heavy atom. The van der Waals surface area contributed by atoms with Crippen molar-refractivity contribution in [1.29, 1.82) is 0 Å². The fourth-order valence-electron chi connectivity index (χ4n) is 3.10. The molecule has 31 heavy (non-hydrogen) atoms. The Labute approximate surface area is 187 Å². The maximum absolute atomic E-state index is 12.3. The quantitative estimate of drug-likeness (QED) is 0.427. The molecule has 166 valence electrons. The van der Waals surface area contributed by atoms with Gasteiger partial charge in [-0.15, -0.1) is 24.5 Å². The Bertz CT molecular complexity index is 1030. The van der Waals surface area contributed by atoms with Gasteiger partial charge in [0, 0.05) is 22.6 Å². The second kappa shape index (κ2) is 10.8. The van der Waals surface area contributed by atoms with Crippen molar-refractivity contribution in [1.82, 2.24) is 4.57 Å². The highest BCUT2D eigenvalue weighted by Gasteiger charge is 2.30. The first-order valence-corrected chi connectivity index (χ1v) is 11.1. The zero-order valence-electron chi connectivity index (χ0n) is 16.7.